The molecule has 4 aliphatic rings. The van der Waals surface area contributed by atoms with Gasteiger partial charge in [-0.15, -0.1) is 0 Å². The number of hydrogen-bond donors (Lipinski definition) is 0. The van der Waals surface area contributed by atoms with Crippen LogP contribution in [0.2, 0.25) is 18.1 Å². The number of benzene rings is 2. The van der Waals surface area contributed by atoms with Crippen LogP contribution in [0.4, 0.5) is 0 Å². The zero-order valence-corrected chi connectivity index (χ0v) is 37.2. The van der Waals surface area contributed by atoms with Gasteiger partial charge in [0, 0.05) is 29.1 Å². The number of carbonyl (C=O) groups excluding carboxylic acids is 1. The fourth-order valence-electron chi connectivity index (χ4n) is 11.4. The third-order valence-electron chi connectivity index (χ3n) is 15.2. The maximum atomic E-state index is 14.0. The molecule has 4 saturated carbocycles. The van der Waals surface area contributed by atoms with E-state index in [1.54, 1.807) is 0 Å². The van der Waals surface area contributed by atoms with Crippen LogP contribution in [0.1, 0.15) is 138 Å². The summed E-state index contributed by atoms with van der Waals surface area (Å²) in [5.74, 6) is 3.49. The maximum absolute atomic E-state index is 14.0. The van der Waals surface area contributed by atoms with Gasteiger partial charge in [-0.25, -0.2) is 0 Å². The molecule has 2 aromatic rings. The lowest BCUT2D eigenvalue weighted by molar-refractivity contribution is -0.130. The summed E-state index contributed by atoms with van der Waals surface area (Å²) in [5.41, 5.74) is 3.29. The summed E-state index contributed by atoms with van der Waals surface area (Å²) in [5, 5.41) is 1.89. The van der Waals surface area contributed by atoms with Crippen molar-refractivity contribution in [1.82, 2.24) is 0 Å². The van der Waals surface area contributed by atoms with Gasteiger partial charge >= 0.3 is 0 Å². The lowest BCUT2D eigenvalue weighted by Gasteiger charge is -2.43. The molecule has 298 valence electrons. The number of ketones is 1. The molecule has 3 nitrogen and oxygen atoms in total. The summed E-state index contributed by atoms with van der Waals surface area (Å²) in [4.78, 5) is 12.5. The Hall–Kier alpha value is -2.00. The lowest BCUT2D eigenvalue weighted by Crippen LogP contribution is -2.46. The third kappa shape index (κ3) is 9.74. The van der Waals surface area contributed by atoms with E-state index in [0.29, 0.717) is 35.1 Å². The first-order valence-electron chi connectivity index (χ1n) is 22.1. The largest absolute Gasteiger partial charge is 0.411 e. The molecule has 5 heteroatoms. The van der Waals surface area contributed by atoms with Crippen LogP contribution in [0.15, 0.2) is 84.5 Å². The highest BCUT2D eigenvalue weighted by atomic mass is 31.2. The van der Waals surface area contributed by atoms with E-state index in [0.717, 1.165) is 54.5 Å². The van der Waals surface area contributed by atoms with Crippen molar-refractivity contribution in [1.29, 1.82) is 0 Å². The lowest BCUT2D eigenvalue weighted by atomic mass is 9.62. The molecule has 0 heterocycles. The van der Waals surface area contributed by atoms with Crippen LogP contribution in [0.5, 0.6) is 0 Å². The van der Waals surface area contributed by atoms with E-state index in [4.69, 9.17) is 4.43 Å². The summed E-state index contributed by atoms with van der Waals surface area (Å²) >= 11 is 0. The number of rotatable bonds is 14. The second-order valence-corrected chi connectivity index (χ2v) is 26.0. The molecule has 0 bridgehead atoms. The molecule has 0 saturated heterocycles. The number of fused-ring (bicyclic) bond motifs is 1. The normalized spacial score (nSPS) is 27.6. The summed E-state index contributed by atoms with van der Waals surface area (Å²) in [6.45, 7) is 20.8. The van der Waals surface area contributed by atoms with Gasteiger partial charge in [0.15, 0.2) is 8.32 Å². The van der Waals surface area contributed by atoms with Crippen molar-refractivity contribution >= 4 is 31.9 Å². The van der Waals surface area contributed by atoms with Gasteiger partial charge in [-0.1, -0.05) is 159 Å². The molecule has 2 aromatic carbocycles. The van der Waals surface area contributed by atoms with Gasteiger partial charge in [-0.3, -0.25) is 4.79 Å². The third-order valence-corrected chi connectivity index (χ3v) is 22.9. The zero-order valence-electron chi connectivity index (χ0n) is 35.3. The Labute approximate surface area is 332 Å². The first kappa shape index (κ1) is 43.1. The molecule has 4 aliphatic carbocycles. The first-order valence-corrected chi connectivity index (χ1v) is 26.6. The van der Waals surface area contributed by atoms with Crippen molar-refractivity contribution in [3.05, 3.63) is 84.5 Å². The van der Waals surface area contributed by atoms with Crippen molar-refractivity contribution in [3.63, 3.8) is 0 Å². The minimum Gasteiger partial charge on any atom is -0.411 e. The Morgan fingerprint density at radius 1 is 0.870 bits per heavy atom. The van der Waals surface area contributed by atoms with Crippen LogP contribution < -0.4 is 10.6 Å². The second kappa shape index (κ2) is 19.0. The Morgan fingerprint density at radius 2 is 1.43 bits per heavy atom. The summed E-state index contributed by atoms with van der Waals surface area (Å²) in [6.07, 6.45) is 19.9. The minimum absolute atomic E-state index is 0.205. The molecule has 0 radical (unpaired) electrons. The highest BCUT2D eigenvalue weighted by molar-refractivity contribution is 7.78. The van der Waals surface area contributed by atoms with E-state index in [-0.39, 0.29) is 5.60 Å². The summed E-state index contributed by atoms with van der Waals surface area (Å²) < 4.78 is 21.2. The average molecular weight is 771 g/mol. The first-order chi connectivity index (χ1) is 25.8. The van der Waals surface area contributed by atoms with Gasteiger partial charge in [0.25, 0.3) is 0 Å². The van der Waals surface area contributed by atoms with Gasteiger partial charge in [0.2, 0.25) is 0 Å². The highest BCUT2D eigenvalue weighted by Gasteiger charge is 2.52. The molecule has 54 heavy (non-hydrogen) atoms. The molecule has 0 amide bonds. The van der Waals surface area contributed by atoms with Crippen molar-refractivity contribution in [3.8, 4) is 0 Å². The molecule has 6 rings (SSSR count). The van der Waals surface area contributed by atoms with Gasteiger partial charge in [0.1, 0.15) is 12.9 Å². The summed E-state index contributed by atoms with van der Waals surface area (Å²) in [7, 11) is -4.18. The van der Waals surface area contributed by atoms with Crippen molar-refractivity contribution < 1.29 is 13.8 Å². The monoisotopic (exact) mass is 771 g/mol. The van der Waals surface area contributed by atoms with Gasteiger partial charge in [-0.05, 0) is 105 Å². The van der Waals surface area contributed by atoms with E-state index in [1.165, 1.54) is 87.1 Å². The van der Waals surface area contributed by atoms with E-state index >= 15 is 0 Å². The Kier molecular flexibility index (Phi) is 15.1. The maximum Gasteiger partial charge on any atom is 0.192 e. The molecule has 0 aliphatic heterocycles. The Bertz CT molecular complexity index is 1520. The van der Waals surface area contributed by atoms with Gasteiger partial charge in [-0.2, -0.15) is 0 Å². The molecule has 0 spiro atoms. The van der Waals surface area contributed by atoms with E-state index in [1.807, 2.05) is 60.7 Å². The average Bonchev–Trinajstić information content (AvgIpc) is 3.80. The molecule has 4 fully saturated rings. The molecule has 1 unspecified atom stereocenters. The smallest absolute Gasteiger partial charge is 0.192 e. The van der Waals surface area contributed by atoms with Gasteiger partial charge < -0.3 is 8.99 Å². The minimum atomic E-state index is -2.64. The van der Waals surface area contributed by atoms with Crippen LogP contribution >= 0.6 is 7.14 Å². The topological polar surface area (TPSA) is 43.4 Å². The van der Waals surface area contributed by atoms with Crippen LogP contribution in [0, 0.1) is 35.0 Å². The SMILES string of the molecule is C=C1[C@H](C)CC(=CCP(=O)(c2ccccc2)c2ccccc2)C[C@H]1C.CC[Si](CC)(CC)OC1(CCC[C@H](C)C2CC[C@H]3C(=O)CCC[C@]23C)CCCC1. The Morgan fingerprint density at radius 3 is 1.96 bits per heavy atom. The molecular weight excluding hydrogens is 696 g/mol. The van der Waals surface area contributed by atoms with Crippen molar-refractivity contribution in [2.75, 3.05) is 6.16 Å². The van der Waals surface area contributed by atoms with Crippen LogP contribution in [-0.4, -0.2) is 25.9 Å². The second-order valence-electron chi connectivity index (χ2n) is 18.4. The molecule has 0 N–H and O–H groups in total. The molecule has 0 aromatic heterocycles. The zero-order chi connectivity index (χ0) is 39.0. The fraction of sp³-hybridized carbons (Fsp3) is 0.653. The number of allylic oxidation sites excluding steroid dienone is 3. The number of hydrogen-bond acceptors (Lipinski definition) is 3. The predicted octanol–water partition coefficient (Wildman–Crippen LogP) is 13.5. The van der Waals surface area contributed by atoms with Crippen LogP contribution in [0.3, 0.4) is 0 Å². The van der Waals surface area contributed by atoms with Crippen LogP contribution in [-0.2, 0) is 13.8 Å². The predicted molar refractivity (Wildman–Crippen MR) is 235 cm³/mol. The number of carbonyl (C=O) groups is 1. The number of Topliss-reactive ketones (excluding diaryl/α,β-unsaturated/α-hetero) is 1. The standard InChI is InChI=1S/C26H48O2Si.C23H27OP/c1-6-29(7-2,8-3)28-26(18-9-10-19-26)20-11-13-21(4)22-15-16-23-24(27)14-12-17-25(22,23)5;1-18-16-21(17-19(2)20(18)3)14-15-25(24,22-10-6-4-7-11-22)23-12-8-5-9-13-23/h21-23H,6-20H2,1-5H3;4-14,18-19H,3,15-17H2,1-2H3/t21-,22?,23-,25+;18-,19-/m01/s1. The van der Waals surface area contributed by atoms with Gasteiger partial charge in [0.05, 0.1) is 5.60 Å². The van der Waals surface area contributed by atoms with E-state index < -0.39 is 15.5 Å². The molecule has 6 atom stereocenters. The van der Waals surface area contributed by atoms with Crippen LogP contribution in [0.25, 0.3) is 0 Å². The molecular formula is C49H75O3PSi. The van der Waals surface area contributed by atoms with Crippen molar-refractivity contribution in [2.45, 2.75) is 162 Å². The van der Waals surface area contributed by atoms with E-state index in [2.05, 4.69) is 61.1 Å². The Balaban J connectivity index is 0.000000210. The van der Waals surface area contributed by atoms with E-state index in [9.17, 15) is 9.36 Å². The summed E-state index contributed by atoms with van der Waals surface area (Å²) in [6, 6.07) is 23.7. The quantitative estimate of drug-likeness (QED) is 0.109. The van der Waals surface area contributed by atoms with Crippen molar-refractivity contribution in [2.24, 2.45) is 35.0 Å². The fourth-order valence-corrected chi connectivity index (χ4v) is 17.1. The highest BCUT2D eigenvalue weighted by Crippen LogP contribution is 2.57.